The minimum atomic E-state index is 0.342. The van der Waals surface area contributed by atoms with Crippen molar-refractivity contribution in [1.82, 2.24) is 4.98 Å². The van der Waals surface area contributed by atoms with Crippen molar-refractivity contribution >= 4 is 5.71 Å². The van der Waals surface area contributed by atoms with Crippen molar-refractivity contribution in [1.29, 1.82) is 0 Å². The molecule has 0 saturated heterocycles. The first kappa shape index (κ1) is 18.6. The molecule has 1 heterocycles. The molecule has 0 unspecified atom stereocenters. The van der Waals surface area contributed by atoms with Crippen LogP contribution in [0.25, 0.3) is 0 Å². The highest BCUT2D eigenvalue weighted by molar-refractivity contribution is 5.83. The van der Waals surface area contributed by atoms with Crippen molar-refractivity contribution < 1.29 is 5.21 Å². The molecule has 1 aromatic rings. The SMILES string of the molecule is CC(C)(C)Cc1ccccn1.CCCC(CCC)=NO. The smallest absolute Gasteiger partial charge is 0.0570 e. The molecule has 0 spiro atoms. The van der Waals surface area contributed by atoms with E-state index in [1.807, 2.05) is 18.3 Å². The monoisotopic (exact) mass is 278 g/mol. The third-order valence-electron chi connectivity index (χ3n) is 2.66. The van der Waals surface area contributed by atoms with E-state index in [1.54, 1.807) is 0 Å². The summed E-state index contributed by atoms with van der Waals surface area (Å²) in [7, 11) is 0. The molecule has 3 heteroatoms. The van der Waals surface area contributed by atoms with Crippen LogP contribution in [0, 0.1) is 5.41 Å². The maximum Gasteiger partial charge on any atom is 0.0570 e. The molecule has 0 amide bonds. The van der Waals surface area contributed by atoms with Crippen LogP contribution in [0.5, 0.6) is 0 Å². The Labute approximate surface area is 124 Å². The Morgan fingerprint density at radius 3 is 2.10 bits per heavy atom. The van der Waals surface area contributed by atoms with Gasteiger partial charge in [-0.1, -0.05) is 58.7 Å². The Balaban J connectivity index is 0.000000370. The van der Waals surface area contributed by atoms with Gasteiger partial charge in [-0.25, -0.2) is 0 Å². The van der Waals surface area contributed by atoms with Gasteiger partial charge in [0.15, 0.2) is 0 Å². The van der Waals surface area contributed by atoms with Gasteiger partial charge in [-0.15, -0.1) is 0 Å². The molecule has 0 saturated carbocycles. The van der Waals surface area contributed by atoms with Crippen LogP contribution < -0.4 is 0 Å². The van der Waals surface area contributed by atoms with Crippen LogP contribution in [0.4, 0.5) is 0 Å². The first-order chi connectivity index (χ1) is 9.42. The topological polar surface area (TPSA) is 45.5 Å². The lowest BCUT2D eigenvalue weighted by molar-refractivity contribution is 0.316. The van der Waals surface area contributed by atoms with Gasteiger partial charge in [-0.2, -0.15) is 0 Å². The van der Waals surface area contributed by atoms with Crippen LogP contribution in [0.3, 0.4) is 0 Å². The van der Waals surface area contributed by atoms with E-state index >= 15 is 0 Å². The van der Waals surface area contributed by atoms with Gasteiger partial charge >= 0.3 is 0 Å². The molecule has 1 rings (SSSR count). The first-order valence-corrected chi connectivity index (χ1v) is 7.52. The van der Waals surface area contributed by atoms with Gasteiger partial charge in [-0.05, 0) is 36.8 Å². The Hall–Kier alpha value is -1.38. The van der Waals surface area contributed by atoms with E-state index in [1.165, 1.54) is 5.69 Å². The van der Waals surface area contributed by atoms with Crippen molar-refractivity contribution in [2.75, 3.05) is 0 Å². The van der Waals surface area contributed by atoms with Gasteiger partial charge in [0.05, 0.1) is 5.71 Å². The molecule has 0 aromatic carbocycles. The summed E-state index contributed by atoms with van der Waals surface area (Å²) in [5.41, 5.74) is 2.45. The number of hydrogen-bond donors (Lipinski definition) is 1. The molecular weight excluding hydrogens is 248 g/mol. The van der Waals surface area contributed by atoms with Crippen LogP contribution >= 0.6 is 0 Å². The Morgan fingerprint density at radius 2 is 1.75 bits per heavy atom. The standard InChI is InChI=1S/C10H15N.C7H15NO/c1-10(2,3)8-9-6-4-5-7-11-9;1-3-5-7(8-9)6-4-2/h4-7H,8H2,1-3H3;9H,3-6H2,1-2H3. The summed E-state index contributed by atoms with van der Waals surface area (Å²) in [5.74, 6) is 0. The molecule has 0 aliphatic heterocycles. The summed E-state index contributed by atoms with van der Waals surface area (Å²) in [4.78, 5) is 4.26. The van der Waals surface area contributed by atoms with E-state index < -0.39 is 0 Å². The molecule has 114 valence electrons. The quantitative estimate of drug-likeness (QED) is 0.463. The third kappa shape index (κ3) is 10.5. The zero-order valence-corrected chi connectivity index (χ0v) is 13.7. The lowest BCUT2D eigenvalue weighted by atomic mass is 9.90. The van der Waals surface area contributed by atoms with Crippen LogP contribution in [-0.2, 0) is 6.42 Å². The molecule has 0 bridgehead atoms. The second-order valence-electron chi connectivity index (χ2n) is 6.22. The number of aromatic nitrogens is 1. The summed E-state index contributed by atoms with van der Waals surface area (Å²) < 4.78 is 0. The lowest BCUT2D eigenvalue weighted by Crippen LogP contribution is -2.09. The van der Waals surface area contributed by atoms with Crippen LogP contribution in [-0.4, -0.2) is 15.9 Å². The number of rotatable bonds is 5. The summed E-state index contributed by atoms with van der Waals surface area (Å²) >= 11 is 0. The van der Waals surface area contributed by atoms with Crippen molar-refractivity contribution in [3.8, 4) is 0 Å². The molecule has 1 N–H and O–H groups in total. The maximum atomic E-state index is 8.38. The van der Waals surface area contributed by atoms with Crippen molar-refractivity contribution in [2.24, 2.45) is 10.6 Å². The molecule has 0 aliphatic carbocycles. The predicted molar refractivity (Wildman–Crippen MR) is 86.4 cm³/mol. The van der Waals surface area contributed by atoms with E-state index in [0.717, 1.165) is 37.8 Å². The fourth-order valence-electron chi connectivity index (χ4n) is 1.85. The minimum Gasteiger partial charge on any atom is -0.411 e. The Kier molecular flexibility index (Phi) is 9.69. The van der Waals surface area contributed by atoms with Crippen molar-refractivity contribution in [3.05, 3.63) is 30.1 Å². The second kappa shape index (κ2) is 10.4. The molecule has 20 heavy (non-hydrogen) atoms. The summed E-state index contributed by atoms with van der Waals surface area (Å²) in [5, 5.41) is 11.6. The van der Waals surface area contributed by atoms with Gasteiger partial charge in [0.25, 0.3) is 0 Å². The maximum absolute atomic E-state index is 8.38. The molecule has 3 nitrogen and oxygen atoms in total. The molecular formula is C17H30N2O. The van der Waals surface area contributed by atoms with Gasteiger partial charge in [0.2, 0.25) is 0 Å². The molecule has 0 atom stereocenters. The van der Waals surface area contributed by atoms with E-state index in [9.17, 15) is 0 Å². The zero-order chi connectivity index (χ0) is 15.4. The lowest BCUT2D eigenvalue weighted by Gasteiger charge is -2.16. The largest absolute Gasteiger partial charge is 0.411 e. The highest BCUT2D eigenvalue weighted by Crippen LogP contribution is 2.18. The average molecular weight is 278 g/mol. The fourth-order valence-corrected chi connectivity index (χ4v) is 1.85. The number of pyridine rings is 1. The normalized spacial score (nSPS) is 10.4. The van der Waals surface area contributed by atoms with E-state index in [-0.39, 0.29) is 0 Å². The summed E-state index contributed by atoms with van der Waals surface area (Å²) in [6, 6.07) is 6.06. The third-order valence-corrected chi connectivity index (χ3v) is 2.66. The number of nitrogens with zero attached hydrogens (tertiary/aromatic N) is 2. The second-order valence-corrected chi connectivity index (χ2v) is 6.22. The number of hydrogen-bond acceptors (Lipinski definition) is 3. The van der Waals surface area contributed by atoms with Gasteiger partial charge in [-0.3, -0.25) is 4.98 Å². The van der Waals surface area contributed by atoms with Crippen molar-refractivity contribution in [3.63, 3.8) is 0 Å². The Bertz CT molecular complexity index is 358. The number of oxime groups is 1. The average Bonchev–Trinajstić information content (AvgIpc) is 2.38. The van der Waals surface area contributed by atoms with Gasteiger partial charge in [0.1, 0.15) is 0 Å². The van der Waals surface area contributed by atoms with Crippen LogP contribution in [0.2, 0.25) is 0 Å². The van der Waals surface area contributed by atoms with Crippen LogP contribution in [0.15, 0.2) is 29.6 Å². The Morgan fingerprint density at radius 1 is 1.15 bits per heavy atom. The molecule has 1 aromatic heterocycles. The highest BCUT2D eigenvalue weighted by Gasteiger charge is 2.10. The zero-order valence-electron chi connectivity index (χ0n) is 13.7. The van der Waals surface area contributed by atoms with Gasteiger partial charge in [0, 0.05) is 11.9 Å². The van der Waals surface area contributed by atoms with Crippen LogP contribution in [0.1, 0.15) is 66.0 Å². The molecule has 0 fully saturated rings. The predicted octanol–water partition coefficient (Wildman–Crippen LogP) is 5.09. The van der Waals surface area contributed by atoms with Crippen molar-refractivity contribution in [2.45, 2.75) is 66.7 Å². The molecule has 0 aliphatic rings. The van der Waals surface area contributed by atoms with E-state index in [0.29, 0.717) is 5.41 Å². The first-order valence-electron chi connectivity index (χ1n) is 7.52. The van der Waals surface area contributed by atoms with E-state index in [2.05, 4.69) is 50.8 Å². The molecule has 0 radical (unpaired) electrons. The van der Waals surface area contributed by atoms with Gasteiger partial charge < -0.3 is 5.21 Å². The fraction of sp³-hybridized carbons (Fsp3) is 0.647. The van der Waals surface area contributed by atoms with E-state index in [4.69, 9.17) is 5.21 Å². The highest BCUT2D eigenvalue weighted by atomic mass is 16.4. The summed E-state index contributed by atoms with van der Waals surface area (Å²) in [6.45, 7) is 10.8. The minimum absolute atomic E-state index is 0.342. The summed E-state index contributed by atoms with van der Waals surface area (Å²) in [6.07, 6.45) is 6.91.